The molecule has 0 fully saturated rings. The molecule has 0 aliphatic carbocycles. The first-order valence-corrected chi connectivity index (χ1v) is 5.84. The molecule has 2 heteroatoms. The zero-order valence-corrected chi connectivity index (χ0v) is 9.90. The van der Waals surface area contributed by atoms with Gasteiger partial charge in [-0.15, -0.1) is 11.3 Å². The fraction of sp³-hybridized carbons (Fsp3) is 0.417. The van der Waals surface area contributed by atoms with Crippen LogP contribution in [0.4, 0.5) is 0 Å². The maximum Gasteiger partial charge on any atom is 0.0512 e. The molecule has 0 aliphatic rings. The van der Waals surface area contributed by atoms with Crippen molar-refractivity contribution >= 4 is 17.0 Å². The van der Waals surface area contributed by atoms with E-state index >= 15 is 0 Å². The van der Waals surface area contributed by atoms with Crippen molar-refractivity contribution in [1.82, 2.24) is 0 Å². The lowest BCUT2D eigenvalue weighted by Gasteiger charge is -2.09. The molecular weight excluding hydrogens is 190 g/mol. The van der Waals surface area contributed by atoms with Gasteiger partial charge in [-0.25, -0.2) is 0 Å². The van der Waals surface area contributed by atoms with Crippen LogP contribution in [0.25, 0.3) is 0 Å². The molecule has 0 unspecified atom stereocenters. The summed E-state index contributed by atoms with van der Waals surface area (Å²) in [6.07, 6.45) is 2.71. The third kappa shape index (κ3) is 2.32. The van der Waals surface area contributed by atoms with Crippen LogP contribution in [0.15, 0.2) is 29.2 Å². The van der Waals surface area contributed by atoms with E-state index in [9.17, 15) is 0 Å². The highest BCUT2D eigenvalue weighted by Crippen LogP contribution is 2.21. The quantitative estimate of drug-likeness (QED) is 0.664. The van der Waals surface area contributed by atoms with Gasteiger partial charge in [0.2, 0.25) is 0 Å². The first-order chi connectivity index (χ1) is 6.70. The molecule has 0 amide bonds. The van der Waals surface area contributed by atoms with Crippen molar-refractivity contribution < 1.29 is 0 Å². The predicted molar refractivity (Wildman–Crippen MR) is 65.3 cm³/mol. The van der Waals surface area contributed by atoms with E-state index in [4.69, 9.17) is 0 Å². The summed E-state index contributed by atoms with van der Waals surface area (Å²) < 4.78 is 0. The molecule has 76 valence electrons. The Morgan fingerprint density at radius 1 is 1.64 bits per heavy atom. The molecule has 0 atom stereocenters. The third-order valence-electron chi connectivity index (χ3n) is 2.12. The van der Waals surface area contributed by atoms with Gasteiger partial charge in [-0.1, -0.05) is 27.4 Å². The summed E-state index contributed by atoms with van der Waals surface area (Å²) in [5.41, 5.74) is 2.45. The van der Waals surface area contributed by atoms with Crippen LogP contribution in [0.1, 0.15) is 31.2 Å². The van der Waals surface area contributed by atoms with E-state index in [-0.39, 0.29) is 0 Å². The van der Waals surface area contributed by atoms with Crippen molar-refractivity contribution in [2.24, 2.45) is 10.9 Å². The molecule has 0 saturated carbocycles. The fourth-order valence-corrected chi connectivity index (χ4v) is 2.31. The standard InChI is InChI=1S/C12H17NS/c1-5-11-10(7-8-14-11)12(9(3)4)13-6-2/h6-9H,2,5H2,1,3-4H3. The molecule has 1 aromatic rings. The van der Waals surface area contributed by atoms with E-state index in [0.717, 1.165) is 12.1 Å². The first kappa shape index (κ1) is 11.2. The number of aryl methyl sites for hydroxylation is 1. The molecule has 0 aromatic carbocycles. The topological polar surface area (TPSA) is 12.4 Å². The SMILES string of the molecule is C=CN=C(c1ccsc1CC)C(C)C. The van der Waals surface area contributed by atoms with Crippen molar-refractivity contribution in [2.45, 2.75) is 27.2 Å². The average Bonchev–Trinajstić information content (AvgIpc) is 2.61. The number of hydrogen-bond donors (Lipinski definition) is 0. The molecule has 0 radical (unpaired) electrons. The molecule has 0 aliphatic heterocycles. The van der Waals surface area contributed by atoms with Gasteiger partial charge in [0.05, 0.1) is 5.71 Å². The Morgan fingerprint density at radius 2 is 2.36 bits per heavy atom. The van der Waals surface area contributed by atoms with Gasteiger partial charge in [-0.2, -0.15) is 0 Å². The van der Waals surface area contributed by atoms with Gasteiger partial charge in [0.25, 0.3) is 0 Å². The zero-order chi connectivity index (χ0) is 10.6. The summed E-state index contributed by atoms with van der Waals surface area (Å²) in [4.78, 5) is 5.78. The molecule has 1 heterocycles. The van der Waals surface area contributed by atoms with E-state index in [1.54, 1.807) is 17.5 Å². The van der Waals surface area contributed by atoms with Gasteiger partial charge in [0.15, 0.2) is 0 Å². The van der Waals surface area contributed by atoms with E-state index in [2.05, 4.69) is 43.8 Å². The van der Waals surface area contributed by atoms with Crippen molar-refractivity contribution in [1.29, 1.82) is 0 Å². The van der Waals surface area contributed by atoms with E-state index < -0.39 is 0 Å². The normalized spacial score (nSPS) is 12.1. The van der Waals surface area contributed by atoms with Crippen molar-refractivity contribution in [3.63, 3.8) is 0 Å². The summed E-state index contributed by atoms with van der Waals surface area (Å²) >= 11 is 1.81. The average molecular weight is 207 g/mol. The van der Waals surface area contributed by atoms with Crippen LogP contribution >= 0.6 is 11.3 Å². The Kier molecular flexibility index (Phi) is 4.08. The van der Waals surface area contributed by atoms with E-state index in [1.165, 1.54) is 10.4 Å². The minimum atomic E-state index is 0.452. The Hall–Kier alpha value is -0.890. The van der Waals surface area contributed by atoms with Crippen LogP contribution in [0, 0.1) is 5.92 Å². The summed E-state index contributed by atoms with van der Waals surface area (Å²) in [7, 11) is 0. The van der Waals surface area contributed by atoms with Crippen LogP contribution in [0.3, 0.4) is 0 Å². The number of nitrogens with zero attached hydrogens (tertiary/aromatic N) is 1. The lowest BCUT2D eigenvalue weighted by molar-refractivity contribution is 0.883. The summed E-state index contributed by atoms with van der Waals surface area (Å²) in [5.74, 6) is 0.452. The Labute approximate surface area is 90.2 Å². The maximum atomic E-state index is 4.36. The number of rotatable bonds is 4. The minimum absolute atomic E-state index is 0.452. The number of thiophene rings is 1. The van der Waals surface area contributed by atoms with Crippen LogP contribution < -0.4 is 0 Å². The second-order valence-corrected chi connectivity index (χ2v) is 4.46. The molecule has 0 saturated heterocycles. The summed E-state index contributed by atoms with van der Waals surface area (Å²) in [6, 6.07) is 2.16. The molecular formula is C12H17NS. The van der Waals surface area contributed by atoms with Crippen LogP contribution in [-0.2, 0) is 6.42 Å². The minimum Gasteiger partial charge on any atom is -0.261 e. The van der Waals surface area contributed by atoms with Gasteiger partial charge in [0, 0.05) is 16.6 Å². The Bertz CT molecular complexity index is 334. The number of aliphatic imine (C=N–C) groups is 1. The second-order valence-electron chi connectivity index (χ2n) is 3.46. The van der Waals surface area contributed by atoms with Crippen molar-refractivity contribution in [2.75, 3.05) is 0 Å². The molecule has 1 aromatic heterocycles. The van der Waals surface area contributed by atoms with Crippen LogP contribution in [-0.4, -0.2) is 5.71 Å². The summed E-state index contributed by atoms with van der Waals surface area (Å²) in [5, 5.41) is 2.13. The highest BCUT2D eigenvalue weighted by molar-refractivity contribution is 7.10. The molecule has 1 nitrogen and oxygen atoms in total. The monoisotopic (exact) mass is 207 g/mol. The Morgan fingerprint density at radius 3 is 2.86 bits per heavy atom. The van der Waals surface area contributed by atoms with Gasteiger partial charge in [0.1, 0.15) is 0 Å². The lowest BCUT2D eigenvalue weighted by Crippen LogP contribution is -2.09. The second kappa shape index (κ2) is 5.11. The predicted octanol–water partition coefficient (Wildman–Crippen LogP) is 3.90. The smallest absolute Gasteiger partial charge is 0.0512 e. The van der Waals surface area contributed by atoms with Crippen molar-refractivity contribution in [3.05, 3.63) is 34.7 Å². The largest absolute Gasteiger partial charge is 0.261 e. The molecule has 0 bridgehead atoms. The third-order valence-corrected chi connectivity index (χ3v) is 3.19. The number of hydrogen-bond acceptors (Lipinski definition) is 2. The summed E-state index contributed by atoms with van der Waals surface area (Å²) in [6.45, 7) is 10.2. The van der Waals surface area contributed by atoms with Gasteiger partial charge >= 0.3 is 0 Å². The van der Waals surface area contributed by atoms with Crippen LogP contribution in [0.2, 0.25) is 0 Å². The molecule has 1 rings (SSSR count). The highest BCUT2D eigenvalue weighted by atomic mass is 32.1. The molecule has 0 spiro atoms. The fourth-order valence-electron chi connectivity index (χ4n) is 1.47. The van der Waals surface area contributed by atoms with Crippen molar-refractivity contribution in [3.8, 4) is 0 Å². The van der Waals surface area contributed by atoms with Crippen LogP contribution in [0.5, 0.6) is 0 Å². The highest BCUT2D eigenvalue weighted by Gasteiger charge is 2.12. The maximum absolute atomic E-state index is 4.36. The lowest BCUT2D eigenvalue weighted by atomic mass is 10.00. The zero-order valence-electron chi connectivity index (χ0n) is 9.08. The van der Waals surface area contributed by atoms with E-state index in [1.807, 2.05) is 0 Å². The van der Waals surface area contributed by atoms with Gasteiger partial charge < -0.3 is 0 Å². The van der Waals surface area contributed by atoms with Gasteiger partial charge in [-0.3, -0.25) is 4.99 Å². The van der Waals surface area contributed by atoms with E-state index in [0.29, 0.717) is 5.92 Å². The first-order valence-electron chi connectivity index (χ1n) is 4.96. The molecule has 14 heavy (non-hydrogen) atoms. The Balaban J connectivity index is 3.11. The van der Waals surface area contributed by atoms with Gasteiger partial charge in [-0.05, 0) is 23.8 Å². The molecule has 0 N–H and O–H groups in total.